The van der Waals surface area contributed by atoms with Crippen LogP contribution in [-0.2, 0) is 15.7 Å². The molecule has 10 heteroatoms. The number of anilines is 1. The molecular weight excluding hydrogens is 469 g/mol. The Labute approximate surface area is 181 Å². The Hall–Kier alpha value is -1.97. The molecule has 1 heterocycles. The van der Waals surface area contributed by atoms with Crippen molar-refractivity contribution in [3.8, 4) is 0 Å². The minimum atomic E-state index is -4.53. The third-order valence-corrected chi connectivity index (χ3v) is 5.53. The highest BCUT2D eigenvalue weighted by Gasteiger charge is 2.43. The van der Waals surface area contributed by atoms with Crippen LogP contribution in [0.15, 0.2) is 22.7 Å². The van der Waals surface area contributed by atoms with Crippen molar-refractivity contribution in [2.75, 3.05) is 25.0 Å². The van der Waals surface area contributed by atoms with Crippen molar-refractivity contribution in [1.82, 2.24) is 4.90 Å². The van der Waals surface area contributed by atoms with Crippen LogP contribution in [0, 0.1) is 5.41 Å². The maximum Gasteiger partial charge on any atom is 0.418 e. The summed E-state index contributed by atoms with van der Waals surface area (Å²) < 4.78 is 45.4. The van der Waals surface area contributed by atoms with Gasteiger partial charge in [0.2, 0.25) is 0 Å². The number of likely N-dealkylation sites (tertiary alicyclic amines) is 1. The van der Waals surface area contributed by atoms with E-state index in [1.807, 2.05) is 0 Å². The molecule has 2 rings (SSSR count). The van der Waals surface area contributed by atoms with Crippen LogP contribution in [-0.4, -0.2) is 47.3 Å². The Bertz CT molecular complexity index is 785. The second kappa shape index (κ2) is 9.03. The molecule has 6 nitrogen and oxygen atoms in total. The van der Waals surface area contributed by atoms with Crippen LogP contribution in [0.4, 0.5) is 23.7 Å². The van der Waals surface area contributed by atoms with Gasteiger partial charge in [0.05, 0.1) is 11.0 Å². The van der Waals surface area contributed by atoms with Gasteiger partial charge in [-0.15, -0.1) is 0 Å². The maximum atomic E-state index is 13.2. The number of benzene rings is 1. The Balaban J connectivity index is 2.02. The highest BCUT2D eigenvalue weighted by atomic mass is 79.9. The summed E-state index contributed by atoms with van der Waals surface area (Å²) in [5.41, 5.74) is -2.68. The minimum Gasteiger partial charge on any atom is -0.481 e. The SMILES string of the molecule is CC(C)(C)OC(=O)N1CCC(CCNc2ccc(Br)cc2C(F)(F)F)(C(=O)O)CC1. The number of hydrogen-bond donors (Lipinski definition) is 2. The Morgan fingerprint density at radius 3 is 2.33 bits per heavy atom. The van der Waals surface area contributed by atoms with Gasteiger partial charge in [-0.05, 0) is 58.2 Å². The first-order chi connectivity index (χ1) is 13.7. The van der Waals surface area contributed by atoms with E-state index in [-0.39, 0.29) is 44.6 Å². The molecule has 0 aliphatic carbocycles. The van der Waals surface area contributed by atoms with Crippen LogP contribution < -0.4 is 5.32 Å². The van der Waals surface area contributed by atoms with Crippen LogP contribution in [0.2, 0.25) is 0 Å². The lowest BCUT2D eigenvalue weighted by molar-refractivity contribution is -0.152. The Morgan fingerprint density at radius 2 is 1.83 bits per heavy atom. The number of carboxylic acids is 1. The highest BCUT2D eigenvalue weighted by molar-refractivity contribution is 9.10. The zero-order valence-electron chi connectivity index (χ0n) is 17.1. The van der Waals surface area contributed by atoms with Gasteiger partial charge in [-0.1, -0.05) is 15.9 Å². The maximum absolute atomic E-state index is 13.2. The van der Waals surface area contributed by atoms with Crippen molar-refractivity contribution >= 4 is 33.7 Å². The summed E-state index contributed by atoms with van der Waals surface area (Å²) in [4.78, 5) is 25.6. The average Bonchev–Trinajstić information content (AvgIpc) is 2.61. The lowest BCUT2D eigenvalue weighted by atomic mass is 9.75. The summed E-state index contributed by atoms with van der Waals surface area (Å²) in [6, 6.07) is 3.78. The predicted octanol–water partition coefficient (Wildman–Crippen LogP) is 5.37. The van der Waals surface area contributed by atoms with Gasteiger partial charge in [0.15, 0.2) is 0 Å². The van der Waals surface area contributed by atoms with Crippen LogP contribution in [0.5, 0.6) is 0 Å². The van der Waals surface area contributed by atoms with E-state index in [2.05, 4.69) is 21.2 Å². The first kappa shape index (κ1) is 24.3. The van der Waals surface area contributed by atoms with Crippen LogP contribution >= 0.6 is 15.9 Å². The molecule has 0 atom stereocenters. The summed E-state index contributed by atoms with van der Waals surface area (Å²) in [6.07, 6.45) is -4.48. The number of nitrogens with zero attached hydrogens (tertiary/aromatic N) is 1. The number of carboxylic acid groups (broad SMARTS) is 1. The predicted molar refractivity (Wildman–Crippen MR) is 109 cm³/mol. The zero-order chi connectivity index (χ0) is 22.7. The minimum absolute atomic E-state index is 0.0590. The molecule has 0 saturated carbocycles. The van der Waals surface area contributed by atoms with Gasteiger partial charge in [0.1, 0.15) is 5.60 Å². The zero-order valence-corrected chi connectivity index (χ0v) is 18.7. The van der Waals surface area contributed by atoms with E-state index in [0.29, 0.717) is 4.47 Å². The molecule has 0 radical (unpaired) electrons. The Kier molecular flexibility index (Phi) is 7.32. The summed E-state index contributed by atoms with van der Waals surface area (Å²) in [5.74, 6) is -1.01. The van der Waals surface area contributed by atoms with Gasteiger partial charge >= 0.3 is 18.2 Å². The number of ether oxygens (including phenoxy) is 1. The molecule has 1 amide bonds. The first-order valence-electron chi connectivity index (χ1n) is 9.55. The number of nitrogens with one attached hydrogen (secondary N) is 1. The smallest absolute Gasteiger partial charge is 0.418 e. The fourth-order valence-electron chi connectivity index (χ4n) is 3.36. The van der Waals surface area contributed by atoms with E-state index in [4.69, 9.17) is 4.74 Å². The molecule has 1 aromatic rings. The van der Waals surface area contributed by atoms with E-state index in [0.717, 1.165) is 6.07 Å². The average molecular weight is 495 g/mol. The number of halogens is 4. The monoisotopic (exact) mass is 494 g/mol. The molecule has 0 bridgehead atoms. The van der Waals surface area contributed by atoms with Crippen molar-refractivity contribution in [3.63, 3.8) is 0 Å². The third kappa shape index (κ3) is 6.26. The molecule has 1 saturated heterocycles. The second-order valence-electron chi connectivity index (χ2n) is 8.42. The lowest BCUT2D eigenvalue weighted by Crippen LogP contribution is -2.48. The number of carbonyl (C=O) groups excluding carboxylic acids is 1. The molecule has 30 heavy (non-hydrogen) atoms. The molecule has 1 aromatic carbocycles. The standard InChI is InChI=1S/C20H26BrF3N2O4/c1-18(2,3)30-17(29)26-10-7-19(8-11-26,16(27)28)6-9-25-15-5-4-13(21)12-14(15)20(22,23)24/h4-5,12,25H,6-11H2,1-3H3,(H,27,28). The van der Waals surface area contributed by atoms with E-state index in [1.54, 1.807) is 20.8 Å². The van der Waals surface area contributed by atoms with Crippen LogP contribution in [0.3, 0.4) is 0 Å². The lowest BCUT2D eigenvalue weighted by Gasteiger charge is -2.39. The molecular formula is C20H26BrF3N2O4. The van der Waals surface area contributed by atoms with Gasteiger partial charge in [-0.2, -0.15) is 13.2 Å². The molecule has 1 aliphatic rings. The van der Waals surface area contributed by atoms with Crippen LogP contribution in [0.25, 0.3) is 0 Å². The quantitative estimate of drug-likeness (QED) is 0.574. The summed E-state index contributed by atoms with van der Waals surface area (Å²) in [6.45, 7) is 5.74. The van der Waals surface area contributed by atoms with Crippen molar-refractivity contribution in [2.45, 2.75) is 51.8 Å². The number of carbonyl (C=O) groups is 2. The van der Waals surface area contributed by atoms with Gasteiger partial charge in [-0.3, -0.25) is 4.79 Å². The van der Waals surface area contributed by atoms with E-state index in [1.165, 1.54) is 17.0 Å². The summed E-state index contributed by atoms with van der Waals surface area (Å²) in [7, 11) is 0. The number of hydrogen-bond acceptors (Lipinski definition) is 4. The fourth-order valence-corrected chi connectivity index (χ4v) is 3.72. The molecule has 1 fully saturated rings. The largest absolute Gasteiger partial charge is 0.481 e. The van der Waals surface area contributed by atoms with E-state index in [9.17, 15) is 27.9 Å². The first-order valence-corrected chi connectivity index (χ1v) is 10.3. The number of piperidine rings is 1. The van der Waals surface area contributed by atoms with E-state index < -0.39 is 34.8 Å². The second-order valence-corrected chi connectivity index (χ2v) is 9.33. The summed E-state index contributed by atoms with van der Waals surface area (Å²) >= 11 is 3.03. The fraction of sp³-hybridized carbons (Fsp3) is 0.600. The number of aliphatic carboxylic acids is 1. The molecule has 1 aliphatic heterocycles. The van der Waals surface area contributed by atoms with Crippen molar-refractivity contribution in [3.05, 3.63) is 28.2 Å². The molecule has 0 unspecified atom stereocenters. The van der Waals surface area contributed by atoms with Crippen molar-refractivity contribution in [2.24, 2.45) is 5.41 Å². The molecule has 0 spiro atoms. The number of rotatable bonds is 5. The summed E-state index contributed by atoms with van der Waals surface area (Å²) in [5, 5.41) is 12.5. The highest BCUT2D eigenvalue weighted by Crippen LogP contribution is 2.38. The van der Waals surface area contributed by atoms with Crippen molar-refractivity contribution in [1.29, 1.82) is 0 Å². The van der Waals surface area contributed by atoms with Gasteiger partial charge in [0, 0.05) is 29.8 Å². The molecule has 2 N–H and O–H groups in total. The van der Waals surface area contributed by atoms with E-state index >= 15 is 0 Å². The third-order valence-electron chi connectivity index (χ3n) is 5.03. The topological polar surface area (TPSA) is 78.9 Å². The Morgan fingerprint density at radius 1 is 1.23 bits per heavy atom. The van der Waals surface area contributed by atoms with Crippen LogP contribution in [0.1, 0.15) is 45.6 Å². The number of alkyl halides is 3. The van der Waals surface area contributed by atoms with Gasteiger partial charge in [0.25, 0.3) is 0 Å². The van der Waals surface area contributed by atoms with Crippen molar-refractivity contribution < 1.29 is 32.6 Å². The molecule has 168 valence electrons. The number of amides is 1. The molecule has 0 aromatic heterocycles. The normalized spacial score (nSPS) is 16.8. The van der Waals surface area contributed by atoms with Gasteiger partial charge in [-0.25, -0.2) is 4.79 Å². The van der Waals surface area contributed by atoms with Gasteiger partial charge < -0.3 is 20.1 Å².